The van der Waals surface area contributed by atoms with Crippen molar-refractivity contribution in [2.45, 2.75) is 33.6 Å². The highest BCUT2D eigenvalue weighted by molar-refractivity contribution is 5.62. The Bertz CT molecular complexity index is 518. The molecular formula is C15H22N4. The van der Waals surface area contributed by atoms with Gasteiger partial charge in [-0.1, -0.05) is 32.4 Å². The van der Waals surface area contributed by atoms with Crippen LogP contribution in [0.5, 0.6) is 0 Å². The molecule has 0 bridgehead atoms. The monoisotopic (exact) mass is 258 g/mol. The van der Waals surface area contributed by atoms with E-state index in [4.69, 9.17) is 0 Å². The molecule has 4 nitrogen and oxygen atoms in total. The minimum atomic E-state index is 0.694. The third kappa shape index (κ3) is 3.81. The van der Waals surface area contributed by atoms with Crippen LogP contribution in [-0.2, 0) is 0 Å². The largest absolute Gasteiger partial charge is 0.385 e. The van der Waals surface area contributed by atoms with Gasteiger partial charge >= 0.3 is 0 Å². The Hall–Kier alpha value is -1.84. The maximum Gasteiger partial charge on any atom is 0.181 e. The number of aromatic amines is 1. The molecule has 2 N–H and O–H groups in total. The van der Waals surface area contributed by atoms with Crippen molar-refractivity contribution < 1.29 is 0 Å². The molecule has 19 heavy (non-hydrogen) atoms. The fourth-order valence-corrected chi connectivity index (χ4v) is 2.13. The molecule has 0 aliphatic carbocycles. The van der Waals surface area contributed by atoms with Crippen LogP contribution in [0.25, 0.3) is 11.4 Å². The van der Waals surface area contributed by atoms with E-state index < -0.39 is 0 Å². The van der Waals surface area contributed by atoms with Gasteiger partial charge in [-0.05, 0) is 31.4 Å². The van der Waals surface area contributed by atoms with Gasteiger partial charge in [-0.25, -0.2) is 4.98 Å². The summed E-state index contributed by atoms with van der Waals surface area (Å²) in [6.07, 6.45) is 2.49. The number of anilines is 1. The third-order valence-electron chi connectivity index (χ3n) is 3.15. The number of hydrogen-bond donors (Lipinski definition) is 2. The molecule has 1 unspecified atom stereocenters. The highest BCUT2D eigenvalue weighted by atomic mass is 15.2. The molecule has 4 heteroatoms. The van der Waals surface area contributed by atoms with E-state index in [2.05, 4.69) is 46.5 Å². The van der Waals surface area contributed by atoms with Crippen molar-refractivity contribution in [2.24, 2.45) is 5.92 Å². The fourth-order valence-electron chi connectivity index (χ4n) is 2.13. The van der Waals surface area contributed by atoms with Crippen LogP contribution in [0.4, 0.5) is 5.69 Å². The lowest BCUT2D eigenvalue weighted by Gasteiger charge is -2.12. The summed E-state index contributed by atoms with van der Waals surface area (Å²) < 4.78 is 0. The Morgan fingerprint density at radius 2 is 2.21 bits per heavy atom. The lowest BCUT2D eigenvalue weighted by Crippen LogP contribution is -2.10. The summed E-state index contributed by atoms with van der Waals surface area (Å²) in [5.41, 5.74) is 2.17. The number of nitrogens with one attached hydrogen (secondary N) is 2. The summed E-state index contributed by atoms with van der Waals surface area (Å²) >= 11 is 0. The second-order valence-corrected chi connectivity index (χ2v) is 5.10. The van der Waals surface area contributed by atoms with Gasteiger partial charge in [-0.2, -0.15) is 5.10 Å². The normalized spacial score (nSPS) is 12.4. The smallest absolute Gasteiger partial charge is 0.181 e. The van der Waals surface area contributed by atoms with Crippen molar-refractivity contribution >= 4 is 5.69 Å². The summed E-state index contributed by atoms with van der Waals surface area (Å²) in [5, 5.41) is 10.5. The first-order valence-electron chi connectivity index (χ1n) is 6.92. The van der Waals surface area contributed by atoms with E-state index in [1.165, 1.54) is 12.8 Å². The molecule has 0 aliphatic heterocycles. The Morgan fingerprint density at radius 1 is 1.37 bits per heavy atom. The van der Waals surface area contributed by atoms with Crippen LogP contribution in [0.2, 0.25) is 0 Å². The van der Waals surface area contributed by atoms with Gasteiger partial charge in [0.25, 0.3) is 0 Å². The number of aromatic nitrogens is 3. The Morgan fingerprint density at radius 3 is 2.89 bits per heavy atom. The van der Waals surface area contributed by atoms with Gasteiger partial charge in [0, 0.05) is 17.8 Å². The van der Waals surface area contributed by atoms with E-state index in [0.29, 0.717) is 5.92 Å². The van der Waals surface area contributed by atoms with E-state index in [-0.39, 0.29) is 0 Å². The van der Waals surface area contributed by atoms with Crippen molar-refractivity contribution in [3.63, 3.8) is 0 Å². The molecule has 1 atom stereocenters. The minimum Gasteiger partial charge on any atom is -0.385 e. The molecule has 1 aromatic heterocycles. The zero-order valence-electron chi connectivity index (χ0n) is 11.9. The SMILES string of the molecule is CCCC(C)CNc1cccc(-c2n[nH]c(C)n2)c1. The molecule has 0 spiro atoms. The van der Waals surface area contributed by atoms with Gasteiger partial charge in [0.05, 0.1) is 0 Å². The minimum absolute atomic E-state index is 0.694. The first-order valence-corrected chi connectivity index (χ1v) is 6.92. The quantitative estimate of drug-likeness (QED) is 0.832. The number of rotatable bonds is 6. The molecule has 2 aromatic rings. The maximum atomic E-state index is 4.35. The highest BCUT2D eigenvalue weighted by Crippen LogP contribution is 2.19. The summed E-state index contributed by atoms with van der Waals surface area (Å²) in [5.74, 6) is 2.28. The highest BCUT2D eigenvalue weighted by Gasteiger charge is 2.05. The average Bonchev–Trinajstić information content (AvgIpc) is 2.84. The number of hydrogen-bond acceptors (Lipinski definition) is 3. The van der Waals surface area contributed by atoms with Crippen LogP contribution in [0.15, 0.2) is 24.3 Å². The second-order valence-electron chi connectivity index (χ2n) is 5.10. The molecular weight excluding hydrogens is 236 g/mol. The van der Waals surface area contributed by atoms with E-state index in [1.807, 2.05) is 19.1 Å². The number of benzene rings is 1. The molecule has 1 aromatic carbocycles. The molecule has 0 saturated carbocycles. The summed E-state index contributed by atoms with van der Waals surface area (Å²) in [6, 6.07) is 8.25. The molecule has 0 aliphatic rings. The second kappa shape index (κ2) is 6.36. The Kier molecular flexibility index (Phi) is 4.55. The van der Waals surface area contributed by atoms with Gasteiger partial charge in [0.2, 0.25) is 0 Å². The van der Waals surface area contributed by atoms with Crippen LogP contribution in [0.1, 0.15) is 32.5 Å². The zero-order chi connectivity index (χ0) is 13.7. The average molecular weight is 258 g/mol. The molecule has 0 saturated heterocycles. The van der Waals surface area contributed by atoms with Gasteiger partial charge < -0.3 is 5.32 Å². The van der Waals surface area contributed by atoms with Gasteiger partial charge in [0.1, 0.15) is 5.82 Å². The first-order chi connectivity index (χ1) is 9.19. The van der Waals surface area contributed by atoms with Crippen molar-refractivity contribution in [1.29, 1.82) is 0 Å². The van der Waals surface area contributed by atoms with Gasteiger partial charge in [0.15, 0.2) is 5.82 Å². The topological polar surface area (TPSA) is 53.6 Å². The first kappa shape index (κ1) is 13.6. The van der Waals surface area contributed by atoms with Crippen molar-refractivity contribution in [2.75, 3.05) is 11.9 Å². The van der Waals surface area contributed by atoms with Crippen LogP contribution < -0.4 is 5.32 Å². The molecule has 0 fully saturated rings. The Balaban J connectivity index is 2.03. The standard InChI is InChI=1S/C15H22N4/c1-4-6-11(2)10-16-14-8-5-7-13(9-14)15-17-12(3)18-19-15/h5,7-9,11,16H,4,6,10H2,1-3H3,(H,17,18,19). The number of H-pyrrole nitrogens is 1. The molecule has 0 amide bonds. The van der Waals surface area contributed by atoms with E-state index in [9.17, 15) is 0 Å². The molecule has 2 rings (SSSR count). The third-order valence-corrected chi connectivity index (χ3v) is 3.15. The lowest BCUT2D eigenvalue weighted by atomic mass is 10.1. The van der Waals surface area contributed by atoms with E-state index in [1.54, 1.807) is 0 Å². The molecule has 0 radical (unpaired) electrons. The molecule has 1 heterocycles. The van der Waals surface area contributed by atoms with E-state index in [0.717, 1.165) is 29.4 Å². The summed E-state index contributed by atoms with van der Waals surface area (Å²) in [6.45, 7) is 7.41. The fraction of sp³-hybridized carbons (Fsp3) is 0.467. The Labute approximate surface area is 114 Å². The number of aryl methyl sites for hydroxylation is 1. The van der Waals surface area contributed by atoms with Crippen LogP contribution in [0, 0.1) is 12.8 Å². The van der Waals surface area contributed by atoms with E-state index >= 15 is 0 Å². The van der Waals surface area contributed by atoms with Crippen molar-refractivity contribution in [3.8, 4) is 11.4 Å². The van der Waals surface area contributed by atoms with Crippen LogP contribution in [-0.4, -0.2) is 21.7 Å². The molecule has 102 valence electrons. The predicted molar refractivity (Wildman–Crippen MR) is 79.1 cm³/mol. The van der Waals surface area contributed by atoms with Crippen LogP contribution >= 0.6 is 0 Å². The van der Waals surface area contributed by atoms with Gasteiger partial charge in [-0.3, -0.25) is 5.10 Å². The predicted octanol–water partition coefficient (Wildman–Crippen LogP) is 3.63. The van der Waals surface area contributed by atoms with Crippen molar-refractivity contribution in [3.05, 3.63) is 30.1 Å². The lowest BCUT2D eigenvalue weighted by molar-refractivity contribution is 0.551. The number of nitrogens with zero attached hydrogens (tertiary/aromatic N) is 2. The van der Waals surface area contributed by atoms with Crippen LogP contribution in [0.3, 0.4) is 0 Å². The van der Waals surface area contributed by atoms with Crippen molar-refractivity contribution in [1.82, 2.24) is 15.2 Å². The summed E-state index contributed by atoms with van der Waals surface area (Å²) in [7, 11) is 0. The zero-order valence-corrected chi connectivity index (χ0v) is 11.9. The van der Waals surface area contributed by atoms with Gasteiger partial charge in [-0.15, -0.1) is 0 Å². The summed E-state index contributed by atoms with van der Waals surface area (Å²) in [4.78, 5) is 4.35. The maximum absolute atomic E-state index is 4.35.